The van der Waals surface area contributed by atoms with Gasteiger partial charge in [0.05, 0.1) is 6.54 Å². The van der Waals surface area contributed by atoms with Crippen molar-refractivity contribution in [3.63, 3.8) is 0 Å². The standard InChI is InChI=1S/C16H21N3O3/c20-15(17-13-6-7-13)12-18-8-10-19(11-9-18)16(21)22-14-4-2-1-3-5-14/h1-5,13H,6-12H2,(H,17,20). The number of hydrogen-bond acceptors (Lipinski definition) is 4. The van der Waals surface area contributed by atoms with E-state index in [1.165, 1.54) is 0 Å². The van der Waals surface area contributed by atoms with Crippen LogP contribution in [0.2, 0.25) is 0 Å². The highest BCUT2D eigenvalue weighted by Gasteiger charge is 2.26. The van der Waals surface area contributed by atoms with Crippen molar-refractivity contribution < 1.29 is 14.3 Å². The van der Waals surface area contributed by atoms with Crippen LogP contribution >= 0.6 is 0 Å². The van der Waals surface area contributed by atoms with Crippen LogP contribution in [0.5, 0.6) is 5.75 Å². The summed E-state index contributed by atoms with van der Waals surface area (Å²) < 4.78 is 5.32. The Morgan fingerprint density at radius 3 is 2.41 bits per heavy atom. The first-order valence-electron chi connectivity index (χ1n) is 7.74. The lowest BCUT2D eigenvalue weighted by molar-refractivity contribution is -0.122. The second kappa shape index (κ2) is 6.79. The van der Waals surface area contributed by atoms with Crippen molar-refractivity contribution in [1.29, 1.82) is 0 Å². The van der Waals surface area contributed by atoms with Gasteiger partial charge in [0.25, 0.3) is 0 Å². The second-order valence-corrected chi connectivity index (χ2v) is 5.79. The van der Waals surface area contributed by atoms with Gasteiger partial charge < -0.3 is 15.0 Å². The number of amides is 2. The number of nitrogens with zero attached hydrogens (tertiary/aromatic N) is 2. The lowest BCUT2D eigenvalue weighted by atomic mass is 10.3. The molecule has 2 fully saturated rings. The largest absolute Gasteiger partial charge is 0.415 e. The van der Waals surface area contributed by atoms with Crippen LogP contribution < -0.4 is 10.1 Å². The number of ether oxygens (including phenoxy) is 1. The molecular formula is C16H21N3O3. The summed E-state index contributed by atoms with van der Waals surface area (Å²) in [5.41, 5.74) is 0. The number of carbonyl (C=O) groups excluding carboxylic acids is 2. The molecule has 0 bridgehead atoms. The summed E-state index contributed by atoms with van der Waals surface area (Å²) in [4.78, 5) is 27.6. The van der Waals surface area contributed by atoms with Gasteiger partial charge in [0.2, 0.25) is 5.91 Å². The summed E-state index contributed by atoms with van der Waals surface area (Å²) in [7, 11) is 0. The van der Waals surface area contributed by atoms with Gasteiger partial charge in [0, 0.05) is 32.2 Å². The first kappa shape index (κ1) is 14.8. The Bertz CT molecular complexity index is 523. The molecule has 6 heteroatoms. The average molecular weight is 303 g/mol. The van der Waals surface area contributed by atoms with E-state index in [4.69, 9.17) is 4.74 Å². The second-order valence-electron chi connectivity index (χ2n) is 5.79. The van der Waals surface area contributed by atoms with Crippen LogP contribution in [0.15, 0.2) is 30.3 Å². The van der Waals surface area contributed by atoms with Crippen LogP contribution in [0.25, 0.3) is 0 Å². The molecule has 22 heavy (non-hydrogen) atoms. The van der Waals surface area contributed by atoms with Gasteiger partial charge in [0.15, 0.2) is 0 Å². The molecule has 1 aromatic rings. The predicted molar refractivity (Wildman–Crippen MR) is 81.6 cm³/mol. The van der Waals surface area contributed by atoms with Gasteiger partial charge in [-0.1, -0.05) is 18.2 Å². The fourth-order valence-corrected chi connectivity index (χ4v) is 2.45. The Hall–Kier alpha value is -2.08. The average Bonchev–Trinajstić information content (AvgIpc) is 3.32. The van der Waals surface area contributed by atoms with Gasteiger partial charge in [-0.2, -0.15) is 0 Å². The monoisotopic (exact) mass is 303 g/mol. The Kier molecular flexibility index (Phi) is 4.58. The minimum absolute atomic E-state index is 0.0859. The molecule has 1 aromatic carbocycles. The van der Waals surface area contributed by atoms with Crippen molar-refractivity contribution in [2.75, 3.05) is 32.7 Å². The molecular weight excluding hydrogens is 282 g/mol. The Morgan fingerprint density at radius 2 is 1.77 bits per heavy atom. The van der Waals surface area contributed by atoms with Crippen molar-refractivity contribution in [2.45, 2.75) is 18.9 Å². The maximum Gasteiger partial charge on any atom is 0.415 e. The third-order valence-electron chi connectivity index (χ3n) is 3.89. The molecule has 1 aliphatic heterocycles. The van der Waals surface area contributed by atoms with Gasteiger partial charge >= 0.3 is 6.09 Å². The molecule has 6 nitrogen and oxygen atoms in total. The smallest absolute Gasteiger partial charge is 0.410 e. The molecule has 1 saturated carbocycles. The summed E-state index contributed by atoms with van der Waals surface area (Å²) in [5, 5.41) is 2.98. The Labute approximate surface area is 130 Å². The van der Waals surface area contributed by atoms with Gasteiger partial charge in [-0.25, -0.2) is 4.79 Å². The maximum absolute atomic E-state index is 12.1. The zero-order valence-electron chi connectivity index (χ0n) is 12.5. The minimum Gasteiger partial charge on any atom is -0.410 e. The minimum atomic E-state index is -0.326. The fraction of sp³-hybridized carbons (Fsp3) is 0.500. The van der Waals surface area contributed by atoms with E-state index in [9.17, 15) is 9.59 Å². The lowest BCUT2D eigenvalue weighted by Crippen LogP contribution is -2.51. The van der Waals surface area contributed by atoms with E-state index in [-0.39, 0.29) is 12.0 Å². The van der Waals surface area contributed by atoms with Crippen LogP contribution in [0, 0.1) is 0 Å². The molecule has 1 heterocycles. The van der Waals surface area contributed by atoms with E-state index < -0.39 is 0 Å². The molecule has 1 N–H and O–H groups in total. The summed E-state index contributed by atoms with van der Waals surface area (Å²) in [6, 6.07) is 9.46. The zero-order chi connectivity index (χ0) is 15.4. The molecule has 0 spiro atoms. The van der Waals surface area contributed by atoms with E-state index in [2.05, 4.69) is 10.2 Å². The molecule has 3 rings (SSSR count). The van der Waals surface area contributed by atoms with Gasteiger partial charge in [0.1, 0.15) is 5.75 Å². The summed E-state index contributed by atoms with van der Waals surface area (Å²) in [6.07, 6.45) is 1.88. The highest BCUT2D eigenvalue weighted by Crippen LogP contribution is 2.18. The summed E-state index contributed by atoms with van der Waals surface area (Å²) in [5.74, 6) is 0.640. The number of rotatable bonds is 4. The van der Waals surface area contributed by atoms with Crippen molar-refractivity contribution >= 4 is 12.0 Å². The van der Waals surface area contributed by atoms with E-state index in [1.54, 1.807) is 17.0 Å². The van der Waals surface area contributed by atoms with Crippen LogP contribution in [-0.2, 0) is 4.79 Å². The van der Waals surface area contributed by atoms with Crippen molar-refractivity contribution in [1.82, 2.24) is 15.1 Å². The maximum atomic E-state index is 12.1. The quantitative estimate of drug-likeness (QED) is 0.904. The van der Waals surface area contributed by atoms with E-state index >= 15 is 0 Å². The molecule has 0 radical (unpaired) electrons. The number of hydrogen-bond donors (Lipinski definition) is 1. The zero-order valence-corrected chi connectivity index (χ0v) is 12.5. The molecule has 2 amide bonds. The molecule has 2 aliphatic rings. The Morgan fingerprint density at radius 1 is 1.09 bits per heavy atom. The van der Waals surface area contributed by atoms with E-state index in [0.29, 0.717) is 44.5 Å². The van der Waals surface area contributed by atoms with Gasteiger partial charge in [-0.3, -0.25) is 9.69 Å². The summed E-state index contributed by atoms with van der Waals surface area (Å²) in [6.45, 7) is 2.98. The molecule has 1 aliphatic carbocycles. The first-order chi connectivity index (χ1) is 10.7. The highest BCUT2D eigenvalue weighted by atomic mass is 16.6. The van der Waals surface area contributed by atoms with Gasteiger partial charge in [-0.05, 0) is 25.0 Å². The highest BCUT2D eigenvalue weighted by molar-refractivity contribution is 5.78. The predicted octanol–water partition coefficient (Wildman–Crippen LogP) is 1.08. The summed E-state index contributed by atoms with van der Waals surface area (Å²) >= 11 is 0. The molecule has 1 saturated heterocycles. The van der Waals surface area contributed by atoms with Crippen LogP contribution in [0.1, 0.15) is 12.8 Å². The number of carbonyl (C=O) groups is 2. The van der Waals surface area contributed by atoms with Crippen LogP contribution in [-0.4, -0.2) is 60.6 Å². The van der Waals surface area contributed by atoms with Crippen LogP contribution in [0.4, 0.5) is 4.79 Å². The third-order valence-corrected chi connectivity index (χ3v) is 3.89. The topological polar surface area (TPSA) is 61.9 Å². The molecule has 0 atom stereocenters. The Balaban J connectivity index is 1.40. The van der Waals surface area contributed by atoms with Crippen LogP contribution in [0.3, 0.4) is 0 Å². The fourth-order valence-electron chi connectivity index (χ4n) is 2.45. The number of nitrogens with one attached hydrogen (secondary N) is 1. The van der Waals surface area contributed by atoms with E-state index in [0.717, 1.165) is 12.8 Å². The molecule has 0 unspecified atom stereocenters. The first-order valence-corrected chi connectivity index (χ1v) is 7.74. The number of benzene rings is 1. The normalized spacial score (nSPS) is 18.8. The van der Waals surface area contributed by atoms with Crippen molar-refractivity contribution in [3.05, 3.63) is 30.3 Å². The third kappa shape index (κ3) is 4.21. The molecule has 118 valence electrons. The van der Waals surface area contributed by atoms with Crippen molar-refractivity contribution in [3.8, 4) is 5.75 Å². The van der Waals surface area contributed by atoms with E-state index in [1.807, 2.05) is 18.2 Å². The molecule has 0 aromatic heterocycles. The number of para-hydroxylation sites is 1. The number of piperazine rings is 1. The lowest BCUT2D eigenvalue weighted by Gasteiger charge is -2.33. The van der Waals surface area contributed by atoms with Gasteiger partial charge in [-0.15, -0.1) is 0 Å². The van der Waals surface area contributed by atoms with Crippen molar-refractivity contribution in [2.24, 2.45) is 0 Å². The SMILES string of the molecule is O=C(CN1CCN(C(=O)Oc2ccccc2)CC1)NC1CC1.